The number of rotatable bonds is 7. The Morgan fingerprint density at radius 3 is 2.42 bits per heavy atom. The Bertz CT molecular complexity index is 1160. The summed E-state index contributed by atoms with van der Waals surface area (Å²) >= 11 is 12.1. The molecular weight excluding hydrogens is 467 g/mol. The highest BCUT2D eigenvalue weighted by Gasteiger charge is 2.31. The van der Waals surface area contributed by atoms with Gasteiger partial charge < -0.3 is 10.1 Å². The molecule has 1 aliphatic carbocycles. The highest BCUT2D eigenvalue weighted by molar-refractivity contribution is 7.89. The minimum absolute atomic E-state index is 0.0908. The Balaban J connectivity index is 1.77. The van der Waals surface area contributed by atoms with Gasteiger partial charge in [0.05, 0.1) is 32.7 Å². The van der Waals surface area contributed by atoms with Crippen molar-refractivity contribution in [3.05, 3.63) is 39.1 Å². The van der Waals surface area contributed by atoms with E-state index < -0.39 is 28.0 Å². The molecule has 1 aromatic carbocycles. The molecule has 3 rings (SSSR count). The quantitative estimate of drug-likeness (QED) is 0.578. The molecule has 0 bridgehead atoms. The Morgan fingerprint density at radius 1 is 1.23 bits per heavy atom. The van der Waals surface area contributed by atoms with Crippen LogP contribution in [0.4, 0.5) is 5.69 Å². The maximum absolute atomic E-state index is 12.6. The number of ether oxygens (including phenoxy) is 1. The molecule has 1 aliphatic rings. The van der Waals surface area contributed by atoms with Gasteiger partial charge in [0.1, 0.15) is 4.90 Å². The number of esters is 1. The predicted octanol–water partition coefficient (Wildman–Crippen LogP) is 2.97. The third-order valence-electron chi connectivity index (χ3n) is 4.84. The fourth-order valence-electron chi connectivity index (χ4n) is 2.83. The summed E-state index contributed by atoms with van der Waals surface area (Å²) in [5, 5.41) is 6.68. The van der Waals surface area contributed by atoms with Crippen LogP contribution in [0.5, 0.6) is 0 Å². The minimum atomic E-state index is -3.93. The van der Waals surface area contributed by atoms with Crippen molar-refractivity contribution in [3.63, 3.8) is 0 Å². The van der Waals surface area contributed by atoms with Crippen molar-refractivity contribution in [2.75, 3.05) is 5.32 Å². The molecule has 1 saturated carbocycles. The standard InChI is InChI=1S/C19H22Cl2N4O5S/c1-9-17(10(2)25(4)23-9)22-18(26)11(3)30-19(27)13-7-16(15(21)8-14(13)20)31(28,29)24-12-5-6-12/h7-8,11-12,24H,5-6H2,1-4H3,(H,22,26). The van der Waals surface area contributed by atoms with Crippen LogP contribution in [0.2, 0.25) is 10.0 Å². The fourth-order valence-corrected chi connectivity index (χ4v) is 4.99. The summed E-state index contributed by atoms with van der Waals surface area (Å²) in [6.45, 7) is 4.92. The molecule has 0 spiro atoms. The first-order chi connectivity index (χ1) is 14.4. The first kappa shape index (κ1) is 23.5. The van der Waals surface area contributed by atoms with E-state index in [1.807, 2.05) is 0 Å². The fraction of sp³-hybridized carbons (Fsp3) is 0.421. The molecule has 0 aliphatic heterocycles. The molecule has 1 atom stereocenters. The van der Waals surface area contributed by atoms with E-state index in [2.05, 4.69) is 15.1 Å². The van der Waals surface area contributed by atoms with Crippen LogP contribution in [-0.2, 0) is 26.6 Å². The van der Waals surface area contributed by atoms with E-state index in [1.165, 1.54) is 6.92 Å². The summed E-state index contributed by atoms with van der Waals surface area (Å²) in [5.41, 5.74) is 1.67. The average molecular weight is 489 g/mol. The number of aryl methyl sites for hydroxylation is 2. The molecule has 9 nitrogen and oxygen atoms in total. The minimum Gasteiger partial charge on any atom is -0.449 e. The molecule has 0 saturated heterocycles. The normalized spacial score (nSPS) is 14.9. The van der Waals surface area contributed by atoms with Crippen LogP contribution < -0.4 is 10.0 Å². The van der Waals surface area contributed by atoms with E-state index in [9.17, 15) is 18.0 Å². The molecular formula is C19H22Cl2N4O5S. The zero-order valence-corrected chi connectivity index (χ0v) is 19.7. The van der Waals surface area contributed by atoms with Gasteiger partial charge in [0.15, 0.2) is 6.10 Å². The summed E-state index contributed by atoms with van der Waals surface area (Å²) in [6.07, 6.45) is 0.298. The summed E-state index contributed by atoms with van der Waals surface area (Å²) in [6, 6.07) is 2.07. The number of nitrogens with zero attached hydrogens (tertiary/aromatic N) is 2. The third kappa shape index (κ3) is 5.20. The highest BCUT2D eigenvalue weighted by atomic mass is 35.5. The Kier molecular flexibility index (Phi) is 6.66. The maximum atomic E-state index is 12.6. The van der Waals surface area contributed by atoms with Crippen LogP contribution in [0.3, 0.4) is 0 Å². The molecule has 1 heterocycles. The lowest BCUT2D eigenvalue weighted by Gasteiger charge is -2.15. The van der Waals surface area contributed by atoms with Gasteiger partial charge in [0.25, 0.3) is 5.91 Å². The zero-order valence-electron chi connectivity index (χ0n) is 17.3. The molecule has 168 valence electrons. The first-order valence-electron chi connectivity index (χ1n) is 9.44. The lowest BCUT2D eigenvalue weighted by Crippen LogP contribution is -2.30. The van der Waals surface area contributed by atoms with E-state index in [4.69, 9.17) is 27.9 Å². The third-order valence-corrected chi connectivity index (χ3v) is 7.14. The Labute approximate surface area is 190 Å². The van der Waals surface area contributed by atoms with Gasteiger partial charge in [-0.05, 0) is 45.7 Å². The van der Waals surface area contributed by atoms with Gasteiger partial charge in [0, 0.05) is 13.1 Å². The number of amides is 1. The van der Waals surface area contributed by atoms with Crippen LogP contribution in [0.25, 0.3) is 0 Å². The molecule has 1 unspecified atom stereocenters. The topological polar surface area (TPSA) is 119 Å². The largest absolute Gasteiger partial charge is 0.449 e. The molecule has 1 aromatic heterocycles. The first-order valence-corrected chi connectivity index (χ1v) is 11.7. The van der Waals surface area contributed by atoms with E-state index >= 15 is 0 Å². The summed E-state index contributed by atoms with van der Waals surface area (Å²) in [4.78, 5) is 24.9. The number of carbonyl (C=O) groups excluding carboxylic acids is 2. The second-order valence-corrected chi connectivity index (χ2v) is 9.86. The zero-order chi connectivity index (χ0) is 23.1. The SMILES string of the molecule is Cc1nn(C)c(C)c1NC(=O)C(C)OC(=O)c1cc(S(=O)(=O)NC2CC2)c(Cl)cc1Cl. The molecule has 12 heteroatoms. The van der Waals surface area contributed by atoms with Crippen LogP contribution in [0, 0.1) is 13.8 Å². The van der Waals surface area contributed by atoms with E-state index in [-0.39, 0.29) is 26.5 Å². The lowest BCUT2D eigenvalue weighted by molar-refractivity contribution is -0.123. The summed E-state index contributed by atoms with van der Waals surface area (Å²) < 4.78 is 34.4. The van der Waals surface area contributed by atoms with Crippen molar-refractivity contribution < 1.29 is 22.7 Å². The monoisotopic (exact) mass is 488 g/mol. The van der Waals surface area contributed by atoms with Gasteiger partial charge in [-0.15, -0.1) is 0 Å². The lowest BCUT2D eigenvalue weighted by atomic mass is 10.2. The molecule has 0 radical (unpaired) electrons. The second-order valence-electron chi connectivity index (χ2n) is 7.36. The molecule has 2 aromatic rings. The number of sulfonamides is 1. The van der Waals surface area contributed by atoms with Crippen LogP contribution >= 0.6 is 23.2 Å². The summed E-state index contributed by atoms with van der Waals surface area (Å²) in [7, 11) is -2.19. The van der Waals surface area contributed by atoms with Crippen LogP contribution in [0.1, 0.15) is 41.5 Å². The summed E-state index contributed by atoms with van der Waals surface area (Å²) in [5.74, 6) is -1.52. The van der Waals surface area contributed by atoms with Crippen molar-refractivity contribution in [2.24, 2.45) is 7.05 Å². The highest BCUT2D eigenvalue weighted by Crippen LogP contribution is 2.31. The van der Waals surface area contributed by atoms with Gasteiger partial charge in [0.2, 0.25) is 10.0 Å². The number of hydrogen-bond acceptors (Lipinski definition) is 6. The number of nitrogens with one attached hydrogen (secondary N) is 2. The van der Waals surface area contributed by atoms with Gasteiger partial charge in [-0.1, -0.05) is 23.2 Å². The molecule has 31 heavy (non-hydrogen) atoms. The van der Waals surface area contributed by atoms with Crippen molar-refractivity contribution in [3.8, 4) is 0 Å². The van der Waals surface area contributed by atoms with Gasteiger partial charge in [-0.3, -0.25) is 9.48 Å². The predicted molar refractivity (Wildman–Crippen MR) is 116 cm³/mol. The Hall–Kier alpha value is -2.14. The molecule has 1 fully saturated rings. The van der Waals surface area contributed by atoms with E-state index in [0.717, 1.165) is 30.7 Å². The number of aromatic nitrogens is 2. The van der Waals surface area contributed by atoms with Gasteiger partial charge in [-0.2, -0.15) is 5.10 Å². The van der Waals surface area contributed by atoms with Gasteiger partial charge in [-0.25, -0.2) is 17.9 Å². The maximum Gasteiger partial charge on any atom is 0.340 e. The van der Waals surface area contributed by atoms with Crippen molar-refractivity contribution in [1.29, 1.82) is 0 Å². The average Bonchev–Trinajstić information content (AvgIpc) is 3.43. The number of anilines is 1. The van der Waals surface area contributed by atoms with Crippen molar-refractivity contribution >= 4 is 50.8 Å². The van der Waals surface area contributed by atoms with E-state index in [0.29, 0.717) is 11.4 Å². The Morgan fingerprint density at radius 2 is 1.87 bits per heavy atom. The number of halogens is 2. The number of hydrogen-bond donors (Lipinski definition) is 2. The van der Waals surface area contributed by atoms with Crippen molar-refractivity contribution in [2.45, 2.75) is 50.7 Å². The van der Waals surface area contributed by atoms with Crippen LogP contribution in [-0.4, -0.2) is 42.2 Å². The second kappa shape index (κ2) is 8.78. The van der Waals surface area contributed by atoms with Gasteiger partial charge >= 0.3 is 5.97 Å². The molecule has 1 amide bonds. The van der Waals surface area contributed by atoms with E-state index in [1.54, 1.807) is 25.6 Å². The molecule has 2 N–H and O–H groups in total. The number of carbonyl (C=O) groups is 2. The van der Waals surface area contributed by atoms with Crippen molar-refractivity contribution in [1.82, 2.24) is 14.5 Å². The smallest absolute Gasteiger partial charge is 0.340 e. The number of benzene rings is 1. The van der Waals surface area contributed by atoms with Crippen LogP contribution in [0.15, 0.2) is 17.0 Å².